The van der Waals surface area contributed by atoms with Crippen LogP contribution >= 0.6 is 0 Å². The summed E-state index contributed by atoms with van der Waals surface area (Å²) in [6, 6.07) is 4.16. The van der Waals surface area contributed by atoms with Crippen LogP contribution in [-0.2, 0) is 0 Å². The number of oxime groups is 1. The molecule has 5 heteroatoms. The number of hydrogen-bond donors (Lipinski definition) is 2. The largest absolute Gasteiger partial charge is 0.409 e. The SMILES string of the molecule is CCC1CCC(N(C)c2cc(C(N)=NO)ccn2)CC1. The van der Waals surface area contributed by atoms with Gasteiger partial charge in [0.1, 0.15) is 5.82 Å². The maximum atomic E-state index is 8.75. The summed E-state index contributed by atoms with van der Waals surface area (Å²) >= 11 is 0. The van der Waals surface area contributed by atoms with Gasteiger partial charge in [0, 0.05) is 24.8 Å². The molecule has 1 saturated carbocycles. The molecule has 1 aliphatic rings. The van der Waals surface area contributed by atoms with Crippen LogP contribution in [-0.4, -0.2) is 29.1 Å². The lowest BCUT2D eigenvalue weighted by atomic mass is 9.84. The minimum Gasteiger partial charge on any atom is -0.409 e. The third kappa shape index (κ3) is 3.21. The van der Waals surface area contributed by atoms with Crippen molar-refractivity contribution in [3.8, 4) is 0 Å². The van der Waals surface area contributed by atoms with Gasteiger partial charge >= 0.3 is 0 Å². The summed E-state index contributed by atoms with van der Waals surface area (Å²) < 4.78 is 0. The van der Waals surface area contributed by atoms with E-state index in [4.69, 9.17) is 10.9 Å². The molecule has 1 heterocycles. The van der Waals surface area contributed by atoms with Crippen LogP contribution < -0.4 is 10.6 Å². The van der Waals surface area contributed by atoms with Crippen molar-refractivity contribution in [3.63, 3.8) is 0 Å². The molecule has 0 aromatic carbocycles. The molecule has 20 heavy (non-hydrogen) atoms. The number of pyridine rings is 1. The van der Waals surface area contributed by atoms with Gasteiger partial charge in [-0.05, 0) is 43.7 Å². The molecule has 5 nitrogen and oxygen atoms in total. The van der Waals surface area contributed by atoms with Crippen LogP contribution in [0.25, 0.3) is 0 Å². The Kier molecular flexibility index (Phi) is 4.82. The zero-order chi connectivity index (χ0) is 14.5. The summed E-state index contributed by atoms with van der Waals surface area (Å²) in [5.74, 6) is 1.89. The number of aromatic nitrogens is 1. The summed E-state index contributed by atoms with van der Waals surface area (Å²) in [6.45, 7) is 2.27. The topological polar surface area (TPSA) is 74.7 Å². The molecule has 110 valence electrons. The van der Waals surface area contributed by atoms with Crippen LogP contribution in [0.1, 0.15) is 44.6 Å². The third-order valence-electron chi connectivity index (χ3n) is 4.45. The highest BCUT2D eigenvalue weighted by Gasteiger charge is 2.23. The van der Waals surface area contributed by atoms with Crippen molar-refractivity contribution >= 4 is 11.7 Å². The Morgan fingerprint density at radius 2 is 2.15 bits per heavy atom. The molecule has 1 aliphatic carbocycles. The van der Waals surface area contributed by atoms with Gasteiger partial charge in [-0.15, -0.1) is 0 Å². The van der Waals surface area contributed by atoms with Gasteiger partial charge in [-0.3, -0.25) is 0 Å². The number of rotatable bonds is 4. The van der Waals surface area contributed by atoms with E-state index < -0.39 is 0 Å². The molecular weight excluding hydrogens is 252 g/mol. The highest BCUT2D eigenvalue weighted by atomic mass is 16.4. The first kappa shape index (κ1) is 14.6. The Balaban J connectivity index is 2.08. The van der Waals surface area contributed by atoms with E-state index in [1.54, 1.807) is 12.3 Å². The molecule has 1 fully saturated rings. The van der Waals surface area contributed by atoms with Gasteiger partial charge in [-0.1, -0.05) is 18.5 Å². The second-order valence-electron chi connectivity index (χ2n) is 5.58. The lowest BCUT2D eigenvalue weighted by Gasteiger charge is -2.35. The smallest absolute Gasteiger partial charge is 0.170 e. The minimum absolute atomic E-state index is 0.122. The molecule has 0 spiro atoms. The summed E-state index contributed by atoms with van der Waals surface area (Å²) in [6.07, 6.45) is 8.01. The van der Waals surface area contributed by atoms with Crippen molar-refractivity contribution in [1.82, 2.24) is 4.98 Å². The zero-order valence-corrected chi connectivity index (χ0v) is 12.3. The molecule has 0 aliphatic heterocycles. The molecule has 0 saturated heterocycles. The predicted molar refractivity (Wildman–Crippen MR) is 81.2 cm³/mol. The molecule has 0 unspecified atom stereocenters. The molecule has 3 N–H and O–H groups in total. The lowest BCUT2D eigenvalue weighted by molar-refractivity contribution is 0.313. The van der Waals surface area contributed by atoms with Crippen molar-refractivity contribution in [2.45, 2.75) is 45.1 Å². The fourth-order valence-electron chi connectivity index (χ4n) is 2.96. The average Bonchev–Trinajstić information content (AvgIpc) is 2.53. The first-order valence-corrected chi connectivity index (χ1v) is 7.32. The van der Waals surface area contributed by atoms with E-state index in [1.165, 1.54) is 32.1 Å². The quantitative estimate of drug-likeness (QED) is 0.383. The van der Waals surface area contributed by atoms with Crippen molar-refractivity contribution in [2.75, 3.05) is 11.9 Å². The van der Waals surface area contributed by atoms with E-state index in [2.05, 4.69) is 29.0 Å². The van der Waals surface area contributed by atoms with Crippen molar-refractivity contribution in [1.29, 1.82) is 0 Å². The number of anilines is 1. The fourth-order valence-corrected chi connectivity index (χ4v) is 2.96. The molecule has 1 aromatic heterocycles. The molecular formula is C15H24N4O. The minimum atomic E-state index is 0.122. The van der Waals surface area contributed by atoms with Crippen LogP contribution in [0, 0.1) is 5.92 Å². The fraction of sp³-hybridized carbons (Fsp3) is 0.600. The van der Waals surface area contributed by atoms with E-state index >= 15 is 0 Å². The molecule has 1 aromatic rings. The number of nitrogens with zero attached hydrogens (tertiary/aromatic N) is 3. The van der Waals surface area contributed by atoms with Crippen LogP contribution in [0.2, 0.25) is 0 Å². The van der Waals surface area contributed by atoms with Crippen LogP contribution in [0.3, 0.4) is 0 Å². The second-order valence-corrected chi connectivity index (χ2v) is 5.58. The lowest BCUT2D eigenvalue weighted by Crippen LogP contribution is -2.35. The van der Waals surface area contributed by atoms with E-state index in [9.17, 15) is 0 Å². The Morgan fingerprint density at radius 1 is 1.45 bits per heavy atom. The van der Waals surface area contributed by atoms with Crippen LogP contribution in [0.5, 0.6) is 0 Å². The number of hydrogen-bond acceptors (Lipinski definition) is 4. The summed E-state index contributed by atoms with van der Waals surface area (Å²) in [7, 11) is 2.08. The monoisotopic (exact) mass is 276 g/mol. The molecule has 2 rings (SSSR count). The van der Waals surface area contributed by atoms with Crippen molar-refractivity contribution in [3.05, 3.63) is 23.9 Å². The molecule has 0 bridgehead atoms. The number of nitrogens with two attached hydrogens (primary N) is 1. The maximum Gasteiger partial charge on any atom is 0.170 e. The van der Waals surface area contributed by atoms with Gasteiger partial charge < -0.3 is 15.8 Å². The van der Waals surface area contributed by atoms with Crippen LogP contribution in [0.15, 0.2) is 23.5 Å². The van der Waals surface area contributed by atoms with E-state index in [1.807, 2.05) is 6.07 Å². The molecule has 0 amide bonds. The first-order valence-electron chi connectivity index (χ1n) is 7.32. The van der Waals surface area contributed by atoms with Gasteiger partial charge in [0.2, 0.25) is 0 Å². The van der Waals surface area contributed by atoms with E-state index in [0.29, 0.717) is 11.6 Å². The summed E-state index contributed by atoms with van der Waals surface area (Å²) in [5, 5.41) is 11.8. The van der Waals surface area contributed by atoms with Crippen molar-refractivity contribution < 1.29 is 5.21 Å². The summed E-state index contributed by atoms with van der Waals surface area (Å²) in [4.78, 5) is 6.63. The van der Waals surface area contributed by atoms with E-state index in [0.717, 1.165) is 11.7 Å². The average molecular weight is 276 g/mol. The zero-order valence-electron chi connectivity index (χ0n) is 12.3. The summed E-state index contributed by atoms with van der Waals surface area (Å²) in [5.41, 5.74) is 6.33. The first-order chi connectivity index (χ1) is 9.65. The van der Waals surface area contributed by atoms with Gasteiger partial charge in [0.25, 0.3) is 0 Å². The van der Waals surface area contributed by atoms with Gasteiger partial charge in [-0.25, -0.2) is 4.98 Å². The van der Waals surface area contributed by atoms with Gasteiger partial charge in [0.15, 0.2) is 5.84 Å². The Morgan fingerprint density at radius 3 is 2.75 bits per heavy atom. The number of amidine groups is 1. The predicted octanol–water partition coefficient (Wildman–Crippen LogP) is 2.58. The molecule has 0 atom stereocenters. The second kappa shape index (κ2) is 6.59. The van der Waals surface area contributed by atoms with Crippen LogP contribution in [0.4, 0.5) is 5.82 Å². The maximum absolute atomic E-state index is 8.75. The Labute approximate surface area is 120 Å². The van der Waals surface area contributed by atoms with Gasteiger partial charge in [-0.2, -0.15) is 0 Å². The standard InChI is InChI=1S/C15H24N4O/c1-3-11-4-6-13(7-5-11)19(2)14-10-12(8-9-17-14)15(16)18-20/h8-11,13,20H,3-7H2,1-2H3,(H2,16,18). The highest BCUT2D eigenvalue weighted by molar-refractivity contribution is 5.97. The Hall–Kier alpha value is -1.78. The van der Waals surface area contributed by atoms with Crippen molar-refractivity contribution in [2.24, 2.45) is 16.8 Å². The Bertz CT molecular complexity index is 467. The normalized spacial score (nSPS) is 23.6. The highest BCUT2D eigenvalue weighted by Crippen LogP contribution is 2.30. The van der Waals surface area contributed by atoms with Gasteiger partial charge in [0.05, 0.1) is 0 Å². The third-order valence-corrected chi connectivity index (χ3v) is 4.45. The van der Waals surface area contributed by atoms with E-state index in [-0.39, 0.29) is 5.84 Å². The molecule has 0 radical (unpaired) electrons.